The molecular formula is C32H27ClN4O2S. The summed E-state index contributed by atoms with van der Waals surface area (Å²) in [6.45, 7) is 2.38. The molecular weight excluding hydrogens is 540 g/mol. The quantitative estimate of drug-likeness (QED) is 0.199. The third-order valence-electron chi connectivity index (χ3n) is 7.29. The van der Waals surface area contributed by atoms with E-state index in [1.54, 1.807) is 6.20 Å². The Morgan fingerprint density at radius 2 is 1.82 bits per heavy atom. The smallest absolute Gasteiger partial charge is 0.226 e. The predicted octanol–water partition coefficient (Wildman–Crippen LogP) is 7.46. The number of carbonyl (C=O) groups excluding carboxylic acids is 1. The van der Waals surface area contributed by atoms with Crippen LogP contribution in [0, 0.1) is 6.92 Å². The van der Waals surface area contributed by atoms with Gasteiger partial charge >= 0.3 is 0 Å². The second kappa shape index (κ2) is 11.1. The lowest BCUT2D eigenvalue weighted by atomic mass is 10.0. The summed E-state index contributed by atoms with van der Waals surface area (Å²) in [5.41, 5.74) is 3.52. The Morgan fingerprint density at radius 1 is 1.02 bits per heavy atom. The van der Waals surface area contributed by atoms with E-state index in [1.165, 1.54) is 0 Å². The molecule has 0 bridgehead atoms. The van der Waals surface area contributed by atoms with Crippen LogP contribution < -0.4 is 10.6 Å². The zero-order chi connectivity index (χ0) is 27.6. The Bertz CT molecular complexity index is 1700. The molecule has 1 saturated heterocycles. The average molecular weight is 567 g/mol. The first kappa shape index (κ1) is 26.0. The summed E-state index contributed by atoms with van der Waals surface area (Å²) >= 11 is 12.2. The summed E-state index contributed by atoms with van der Waals surface area (Å²) in [6, 6.07) is 28.9. The summed E-state index contributed by atoms with van der Waals surface area (Å²) in [6.07, 6.45) is 2.01. The van der Waals surface area contributed by atoms with Crippen molar-refractivity contribution in [1.29, 1.82) is 0 Å². The van der Waals surface area contributed by atoms with Gasteiger partial charge in [-0.1, -0.05) is 66.2 Å². The maximum absolute atomic E-state index is 13.1. The van der Waals surface area contributed by atoms with E-state index in [2.05, 4.69) is 15.6 Å². The molecule has 40 heavy (non-hydrogen) atoms. The van der Waals surface area contributed by atoms with Crippen molar-refractivity contribution >= 4 is 51.3 Å². The van der Waals surface area contributed by atoms with Crippen molar-refractivity contribution < 1.29 is 9.21 Å². The van der Waals surface area contributed by atoms with Crippen LogP contribution in [0.2, 0.25) is 5.02 Å². The van der Waals surface area contributed by atoms with Crippen LogP contribution in [0.15, 0.2) is 102 Å². The Balaban J connectivity index is 1.27. The van der Waals surface area contributed by atoms with Gasteiger partial charge in [0.05, 0.1) is 11.7 Å². The molecule has 3 aromatic carbocycles. The summed E-state index contributed by atoms with van der Waals surface area (Å²) in [5.74, 6) is 1.36. The van der Waals surface area contributed by atoms with Crippen molar-refractivity contribution in [2.24, 2.45) is 0 Å². The van der Waals surface area contributed by atoms with Crippen LogP contribution in [0.4, 0.5) is 5.69 Å². The van der Waals surface area contributed by atoms with Crippen molar-refractivity contribution in [3.05, 3.63) is 119 Å². The minimum absolute atomic E-state index is 0.0890. The van der Waals surface area contributed by atoms with Gasteiger partial charge in [-0.3, -0.25) is 9.78 Å². The lowest BCUT2D eigenvalue weighted by Gasteiger charge is -2.26. The van der Waals surface area contributed by atoms with Crippen molar-refractivity contribution in [2.75, 3.05) is 11.9 Å². The minimum Gasteiger partial charge on any atom is -0.459 e. The number of hydrogen-bond donors (Lipinski definition) is 2. The average Bonchev–Trinajstić information content (AvgIpc) is 3.58. The molecule has 8 heteroatoms. The molecule has 2 N–H and O–H groups in total. The fourth-order valence-corrected chi connectivity index (χ4v) is 5.76. The van der Waals surface area contributed by atoms with Gasteiger partial charge in [0.2, 0.25) is 5.91 Å². The highest BCUT2D eigenvalue weighted by molar-refractivity contribution is 7.80. The molecule has 6 nitrogen and oxygen atoms in total. The Morgan fingerprint density at radius 3 is 2.67 bits per heavy atom. The normalized spacial score (nSPS) is 16.8. The van der Waals surface area contributed by atoms with Crippen LogP contribution in [-0.2, 0) is 4.79 Å². The first-order valence-electron chi connectivity index (χ1n) is 13.1. The molecule has 0 unspecified atom stereocenters. The molecule has 5 aromatic rings. The number of halogens is 1. The Kier molecular flexibility index (Phi) is 7.24. The molecule has 0 saturated carbocycles. The second-order valence-corrected chi connectivity index (χ2v) is 10.6. The number of thiocarbonyl (C=S) groups is 1. The van der Waals surface area contributed by atoms with Gasteiger partial charge in [0.25, 0.3) is 0 Å². The van der Waals surface area contributed by atoms with Crippen molar-refractivity contribution in [3.63, 3.8) is 0 Å². The summed E-state index contributed by atoms with van der Waals surface area (Å²) < 4.78 is 6.44. The number of benzene rings is 3. The number of pyridine rings is 1. The van der Waals surface area contributed by atoms with Gasteiger partial charge in [-0.15, -0.1) is 0 Å². The number of hydrogen-bond acceptors (Lipinski definition) is 4. The highest BCUT2D eigenvalue weighted by Gasteiger charge is 2.41. The summed E-state index contributed by atoms with van der Waals surface area (Å²) in [7, 11) is 0. The SMILES string of the molecule is Cc1c(Cl)cccc1-c1ccc([C@H]2[C@@H](c3ccccn3)NC(=S)N2CCC(=O)Nc2cccc3ccccc23)o1. The number of nitrogens with one attached hydrogen (secondary N) is 2. The molecule has 0 spiro atoms. The minimum atomic E-state index is -0.291. The van der Waals surface area contributed by atoms with Crippen LogP contribution >= 0.6 is 23.8 Å². The molecule has 2 aromatic heterocycles. The highest BCUT2D eigenvalue weighted by Crippen LogP contribution is 2.41. The number of fused-ring (bicyclic) bond motifs is 1. The van der Waals surface area contributed by atoms with E-state index < -0.39 is 0 Å². The van der Waals surface area contributed by atoms with Gasteiger partial charge in [0.15, 0.2) is 5.11 Å². The van der Waals surface area contributed by atoms with Gasteiger partial charge in [-0.05, 0) is 66.5 Å². The van der Waals surface area contributed by atoms with E-state index >= 15 is 0 Å². The molecule has 1 fully saturated rings. The topological polar surface area (TPSA) is 70.4 Å². The molecule has 1 amide bonds. The number of aromatic nitrogens is 1. The van der Waals surface area contributed by atoms with E-state index in [9.17, 15) is 4.79 Å². The van der Waals surface area contributed by atoms with Crippen molar-refractivity contribution in [1.82, 2.24) is 15.2 Å². The lowest BCUT2D eigenvalue weighted by molar-refractivity contribution is -0.116. The Hall–Kier alpha value is -4.20. The molecule has 200 valence electrons. The van der Waals surface area contributed by atoms with Crippen LogP contribution in [0.25, 0.3) is 22.1 Å². The molecule has 6 rings (SSSR count). The number of amides is 1. The van der Waals surface area contributed by atoms with Crippen LogP contribution in [-0.4, -0.2) is 27.4 Å². The number of nitrogens with zero attached hydrogens (tertiary/aromatic N) is 2. The number of anilines is 1. The van der Waals surface area contributed by atoms with Gasteiger partial charge in [-0.2, -0.15) is 0 Å². The lowest BCUT2D eigenvalue weighted by Crippen LogP contribution is -2.32. The van der Waals surface area contributed by atoms with Crippen LogP contribution in [0.1, 0.15) is 35.5 Å². The molecule has 1 aliphatic rings. The van der Waals surface area contributed by atoms with Gasteiger partial charge in [-0.25, -0.2) is 0 Å². The Labute approximate surface area is 243 Å². The zero-order valence-corrected chi connectivity index (χ0v) is 23.4. The molecule has 1 aliphatic heterocycles. The van der Waals surface area contributed by atoms with E-state index in [4.69, 9.17) is 28.2 Å². The highest BCUT2D eigenvalue weighted by atomic mass is 35.5. The van der Waals surface area contributed by atoms with E-state index in [0.29, 0.717) is 16.7 Å². The maximum atomic E-state index is 13.1. The van der Waals surface area contributed by atoms with Crippen LogP contribution in [0.5, 0.6) is 0 Å². The standard InChI is InChI=1S/C32H27ClN4O2S/c1-20-22(11-7-12-24(20)33)27-15-16-28(39-27)31-30(26-13-4-5-18-34-26)36-32(40)37(31)19-17-29(38)35-25-14-6-9-21-8-2-3-10-23(21)25/h2-16,18,30-31H,17,19H2,1H3,(H,35,38)(H,36,40)/t30-,31+/m1/s1. The van der Waals surface area contributed by atoms with E-state index in [1.807, 2.05) is 103 Å². The van der Waals surface area contributed by atoms with E-state index in [-0.39, 0.29) is 24.4 Å². The number of rotatable bonds is 7. The van der Waals surface area contributed by atoms with Crippen LogP contribution in [0.3, 0.4) is 0 Å². The summed E-state index contributed by atoms with van der Waals surface area (Å²) in [4.78, 5) is 19.7. The largest absolute Gasteiger partial charge is 0.459 e. The monoisotopic (exact) mass is 566 g/mol. The molecule has 2 atom stereocenters. The number of furan rings is 1. The first-order chi connectivity index (χ1) is 19.5. The molecule has 3 heterocycles. The predicted molar refractivity (Wildman–Crippen MR) is 163 cm³/mol. The zero-order valence-electron chi connectivity index (χ0n) is 21.8. The van der Waals surface area contributed by atoms with Crippen molar-refractivity contribution in [2.45, 2.75) is 25.4 Å². The van der Waals surface area contributed by atoms with Gasteiger partial charge < -0.3 is 20.0 Å². The van der Waals surface area contributed by atoms with Gasteiger partial charge in [0.1, 0.15) is 17.6 Å². The molecule has 0 aliphatic carbocycles. The fourth-order valence-electron chi connectivity index (χ4n) is 5.26. The second-order valence-electron chi connectivity index (χ2n) is 9.76. The van der Waals surface area contributed by atoms with E-state index in [0.717, 1.165) is 44.8 Å². The first-order valence-corrected chi connectivity index (χ1v) is 13.9. The number of carbonyl (C=O) groups is 1. The third kappa shape index (κ3) is 5.06. The molecule has 0 radical (unpaired) electrons. The van der Waals surface area contributed by atoms with Crippen molar-refractivity contribution in [3.8, 4) is 11.3 Å². The fraction of sp³-hybridized carbons (Fsp3) is 0.156. The van der Waals surface area contributed by atoms with Gasteiger partial charge in [0, 0.05) is 40.8 Å². The third-order valence-corrected chi connectivity index (χ3v) is 8.05. The summed E-state index contributed by atoms with van der Waals surface area (Å²) in [5, 5.41) is 9.81. The maximum Gasteiger partial charge on any atom is 0.226 e.